The van der Waals surface area contributed by atoms with E-state index in [-0.39, 0.29) is 12.5 Å². The van der Waals surface area contributed by atoms with Gasteiger partial charge in [0.05, 0.1) is 6.04 Å². The molecule has 1 unspecified atom stereocenters. The van der Waals surface area contributed by atoms with E-state index >= 15 is 0 Å². The van der Waals surface area contributed by atoms with E-state index in [2.05, 4.69) is 5.32 Å². The molecule has 0 spiro atoms. The van der Waals surface area contributed by atoms with Crippen molar-refractivity contribution in [2.45, 2.75) is 26.4 Å². The van der Waals surface area contributed by atoms with Crippen LogP contribution in [0.2, 0.25) is 5.02 Å². The van der Waals surface area contributed by atoms with Crippen LogP contribution in [0.25, 0.3) is 0 Å². The van der Waals surface area contributed by atoms with Crippen molar-refractivity contribution in [3.8, 4) is 0 Å². The minimum atomic E-state index is -0.468. The standard InChI is InChI=1S/C12H16ClFN2O/c1-7(2)11(12(15)17)16-6-8-3-4-9(13)5-10(8)14/h3-5,7,11,16H,6H2,1-2H3,(H2,15,17). The van der Waals surface area contributed by atoms with Gasteiger partial charge in [0.25, 0.3) is 0 Å². The molecular weight excluding hydrogens is 243 g/mol. The molecule has 0 heterocycles. The molecule has 1 aromatic rings. The molecule has 0 aliphatic rings. The number of nitrogens with one attached hydrogen (secondary N) is 1. The number of carbonyl (C=O) groups excluding carboxylic acids is 1. The van der Waals surface area contributed by atoms with E-state index in [1.165, 1.54) is 6.07 Å². The fourth-order valence-corrected chi connectivity index (χ4v) is 1.71. The molecule has 1 aromatic carbocycles. The molecule has 0 fully saturated rings. The van der Waals surface area contributed by atoms with Crippen LogP contribution in [0.5, 0.6) is 0 Å². The average molecular weight is 259 g/mol. The van der Waals surface area contributed by atoms with E-state index in [1.54, 1.807) is 12.1 Å². The molecule has 94 valence electrons. The highest BCUT2D eigenvalue weighted by Crippen LogP contribution is 2.15. The summed E-state index contributed by atoms with van der Waals surface area (Å²) in [4.78, 5) is 11.1. The lowest BCUT2D eigenvalue weighted by Crippen LogP contribution is -2.44. The maximum Gasteiger partial charge on any atom is 0.234 e. The van der Waals surface area contributed by atoms with Crippen LogP contribution in [0.1, 0.15) is 19.4 Å². The van der Waals surface area contributed by atoms with Crippen LogP contribution in [-0.2, 0) is 11.3 Å². The number of hydrogen-bond donors (Lipinski definition) is 2. The minimum absolute atomic E-state index is 0.0582. The number of halogens is 2. The number of benzene rings is 1. The summed E-state index contributed by atoms with van der Waals surface area (Å²) < 4.78 is 13.5. The van der Waals surface area contributed by atoms with E-state index in [9.17, 15) is 9.18 Å². The fraction of sp³-hybridized carbons (Fsp3) is 0.417. The Hall–Kier alpha value is -1.13. The van der Waals surface area contributed by atoms with Gasteiger partial charge in [-0.3, -0.25) is 4.79 Å². The van der Waals surface area contributed by atoms with Gasteiger partial charge in [-0.15, -0.1) is 0 Å². The summed E-state index contributed by atoms with van der Waals surface area (Å²) >= 11 is 5.65. The molecule has 1 amide bonds. The van der Waals surface area contributed by atoms with Gasteiger partial charge in [-0.2, -0.15) is 0 Å². The largest absolute Gasteiger partial charge is 0.368 e. The molecule has 3 N–H and O–H groups in total. The Morgan fingerprint density at radius 3 is 2.65 bits per heavy atom. The lowest BCUT2D eigenvalue weighted by Gasteiger charge is -2.19. The zero-order chi connectivity index (χ0) is 13.0. The number of carbonyl (C=O) groups is 1. The van der Waals surface area contributed by atoms with Crippen molar-refractivity contribution >= 4 is 17.5 Å². The summed E-state index contributed by atoms with van der Waals surface area (Å²) in [7, 11) is 0. The van der Waals surface area contributed by atoms with Gasteiger partial charge in [0, 0.05) is 17.1 Å². The maximum absolute atomic E-state index is 13.5. The normalized spacial score (nSPS) is 12.8. The van der Waals surface area contributed by atoms with Gasteiger partial charge in [-0.25, -0.2) is 4.39 Å². The molecule has 0 aliphatic heterocycles. The molecule has 1 rings (SSSR count). The summed E-state index contributed by atoms with van der Waals surface area (Å²) in [6.07, 6.45) is 0. The molecular formula is C12H16ClFN2O. The SMILES string of the molecule is CC(C)C(NCc1ccc(Cl)cc1F)C(N)=O. The van der Waals surface area contributed by atoms with Crippen molar-refractivity contribution in [3.63, 3.8) is 0 Å². The number of amides is 1. The summed E-state index contributed by atoms with van der Waals surface area (Å²) in [6.45, 7) is 4.00. The molecule has 0 saturated heterocycles. The van der Waals surface area contributed by atoms with E-state index in [0.29, 0.717) is 10.6 Å². The topological polar surface area (TPSA) is 55.1 Å². The van der Waals surface area contributed by atoms with Crippen LogP contribution in [-0.4, -0.2) is 11.9 Å². The predicted octanol–water partition coefficient (Wildman–Crippen LogP) is 2.08. The first-order valence-corrected chi connectivity index (χ1v) is 5.76. The molecule has 0 aliphatic carbocycles. The zero-order valence-corrected chi connectivity index (χ0v) is 10.6. The molecule has 0 radical (unpaired) electrons. The summed E-state index contributed by atoms with van der Waals surface area (Å²) in [6, 6.07) is 3.97. The molecule has 0 bridgehead atoms. The number of primary amides is 1. The highest BCUT2D eigenvalue weighted by Gasteiger charge is 2.18. The Bertz CT molecular complexity index is 409. The summed E-state index contributed by atoms with van der Waals surface area (Å²) in [5.74, 6) is -0.769. The molecule has 1 atom stereocenters. The van der Waals surface area contributed by atoms with Crippen molar-refractivity contribution in [3.05, 3.63) is 34.6 Å². The predicted molar refractivity (Wildman–Crippen MR) is 66.1 cm³/mol. The number of rotatable bonds is 5. The van der Waals surface area contributed by atoms with Crippen LogP contribution < -0.4 is 11.1 Å². The molecule has 17 heavy (non-hydrogen) atoms. The third-order valence-corrected chi connectivity index (χ3v) is 2.74. The van der Waals surface area contributed by atoms with Gasteiger partial charge in [0.2, 0.25) is 5.91 Å². The Labute approximate surface area is 105 Å². The first-order valence-electron chi connectivity index (χ1n) is 5.38. The highest BCUT2D eigenvalue weighted by molar-refractivity contribution is 6.30. The van der Waals surface area contributed by atoms with E-state index in [4.69, 9.17) is 17.3 Å². The van der Waals surface area contributed by atoms with Crippen LogP contribution in [0, 0.1) is 11.7 Å². The second-order valence-electron chi connectivity index (χ2n) is 4.24. The highest BCUT2D eigenvalue weighted by atomic mass is 35.5. The minimum Gasteiger partial charge on any atom is -0.368 e. The van der Waals surface area contributed by atoms with Gasteiger partial charge in [0.1, 0.15) is 5.82 Å². The van der Waals surface area contributed by atoms with E-state index < -0.39 is 17.8 Å². The molecule has 0 aromatic heterocycles. The summed E-state index contributed by atoms with van der Waals surface area (Å²) in [5, 5.41) is 3.29. The van der Waals surface area contributed by atoms with E-state index in [0.717, 1.165) is 0 Å². The molecule has 0 saturated carbocycles. The van der Waals surface area contributed by atoms with Gasteiger partial charge < -0.3 is 11.1 Å². The third kappa shape index (κ3) is 3.98. The van der Waals surface area contributed by atoms with Crippen LogP contribution in [0.4, 0.5) is 4.39 Å². The van der Waals surface area contributed by atoms with Crippen molar-refractivity contribution in [2.75, 3.05) is 0 Å². The Balaban J connectivity index is 2.69. The van der Waals surface area contributed by atoms with Crippen molar-refractivity contribution in [2.24, 2.45) is 11.7 Å². The van der Waals surface area contributed by atoms with Gasteiger partial charge in [0.15, 0.2) is 0 Å². The van der Waals surface area contributed by atoms with Crippen molar-refractivity contribution in [1.82, 2.24) is 5.32 Å². The fourth-order valence-electron chi connectivity index (χ4n) is 1.55. The van der Waals surface area contributed by atoms with Gasteiger partial charge >= 0.3 is 0 Å². The van der Waals surface area contributed by atoms with Crippen LogP contribution in [0.3, 0.4) is 0 Å². The lowest BCUT2D eigenvalue weighted by atomic mass is 10.0. The maximum atomic E-state index is 13.5. The quantitative estimate of drug-likeness (QED) is 0.850. The molecule has 3 nitrogen and oxygen atoms in total. The third-order valence-electron chi connectivity index (χ3n) is 2.50. The van der Waals surface area contributed by atoms with Crippen molar-refractivity contribution < 1.29 is 9.18 Å². The smallest absolute Gasteiger partial charge is 0.234 e. The zero-order valence-electron chi connectivity index (χ0n) is 9.84. The first kappa shape index (κ1) is 13.9. The second kappa shape index (κ2) is 5.98. The van der Waals surface area contributed by atoms with Gasteiger partial charge in [-0.05, 0) is 18.1 Å². The Kier molecular flexibility index (Phi) is 4.90. The average Bonchev–Trinajstić information content (AvgIpc) is 2.20. The first-order chi connectivity index (χ1) is 7.91. The Morgan fingerprint density at radius 1 is 1.53 bits per heavy atom. The van der Waals surface area contributed by atoms with E-state index in [1.807, 2.05) is 13.8 Å². The second-order valence-corrected chi connectivity index (χ2v) is 4.68. The number of nitrogens with two attached hydrogens (primary N) is 1. The lowest BCUT2D eigenvalue weighted by molar-refractivity contribution is -0.121. The van der Waals surface area contributed by atoms with Gasteiger partial charge in [-0.1, -0.05) is 31.5 Å². The van der Waals surface area contributed by atoms with Crippen molar-refractivity contribution in [1.29, 1.82) is 0 Å². The summed E-state index contributed by atoms with van der Waals surface area (Å²) in [5.41, 5.74) is 5.71. The van der Waals surface area contributed by atoms with Crippen LogP contribution in [0.15, 0.2) is 18.2 Å². The molecule has 5 heteroatoms. The monoisotopic (exact) mass is 258 g/mol. The Morgan fingerprint density at radius 2 is 2.18 bits per heavy atom. The van der Waals surface area contributed by atoms with Crippen LogP contribution >= 0.6 is 11.6 Å². The number of hydrogen-bond acceptors (Lipinski definition) is 2.